The summed E-state index contributed by atoms with van der Waals surface area (Å²) in [6, 6.07) is 11.2. The van der Waals surface area contributed by atoms with Gasteiger partial charge in [-0.1, -0.05) is 65.3 Å². The third kappa shape index (κ3) is 6.10. The molecule has 1 aliphatic rings. The Morgan fingerprint density at radius 3 is 2.36 bits per heavy atom. The highest BCUT2D eigenvalue weighted by molar-refractivity contribution is 6.77. The first kappa shape index (κ1) is 29.4. The van der Waals surface area contributed by atoms with Crippen molar-refractivity contribution in [3.63, 3.8) is 0 Å². The Morgan fingerprint density at radius 1 is 1.05 bits per heavy atom. The molecular weight excluding hydrogens is 528 g/mol. The summed E-state index contributed by atoms with van der Waals surface area (Å²) in [5.41, 5.74) is 4.19. The summed E-state index contributed by atoms with van der Waals surface area (Å²) >= 11 is 5.96. The van der Waals surface area contributed by atoms with Gasteiger partial charge in [0.05, 0.1) is 17.4 Å². The van der Waals surface area contributed by atoms with E-state index in [9.17, 15) is 9.59 Å². The smallest absolute Gasteiger partial charge is 0.257 e. The predicted octanol–water partition coefficient (Wildman–Crippen LogP) is 7.10. The Balaban J connectivity index is 1.54. The van der Waals surface area contributed by atoms with Crippen LogP contribution < -0.4 is 15.5 Å². The molecule has 0 saturated carbocycles. The highest BCUT2D eigenvalue weighted by atomic mass is 35.5. The van der Waals surface area contributed by atoms with Crippen molar-refractivity contribution in [3.8, 4) is 5.75 Å². The number of carbonyl (C=O) groups excluding carboxylic acids is 1. The molecule has 2 aromatic carbocycles. The first-order valence-electron chi connectivity index (χ1n) is 14.0. The van der Waals surface area contributed by atoms with Crippen LogP contribution in [0.3, 0.4) is 0 Å². The second kappa shape index (κ2) is 12.3. The van der Waals surface area contributed by atoms with Crippen LogP contribution in [0.15, 0.2) is 47.4 Å². The third-order valence-corrected chi connectivity index (χ3v) is 14.4. The predicted molar refractivity (Wildman–Crippen MR) is 162 cm³/mol. The number of hydrogen-bond acceptors (Lipinski definition) is 4. The Bertz CT molecular complexity index is 1360. The first-order valence-corrected chi connectivity index (χ1v) is 16.6. The van der Waals surface area contributed by atoms with E-state index in [2.05, 4.69) is 46.9 Å². The van der Waals surface area contributed by atoms with Gasteiger partial charge in [0, 0.05) is 24.4 Å². The van der Waals surface area contributed by atoms with Gasteiger partial charge in [-0.3, -0.25) is 9.59 Å². The average Bonchev–Trinajstić information content (AvgIpc) is 2.89. The highest BCUT2D eigenvalue weighted by Crippen LogP contribution is 2.42. The standard InChI is InChI=1S/C31H41ClN2O4Si/c1-20(2)39(21(3)4,22(5)6)38-14-7-8-24-16-26-29-28(17-24)37-15-13-34(29)19-27(30(26)35)31(36)33-18-23-9-11-25(32)12-10-23/h9-12,16-17,19-22H,7-8,13-15,18H2,1-6H3,(H,33,36). The maximum Gasteiger partial charge on any atom is 0.257 e. The fourth-order valence-corrected chi connectivity index (χ4v) is 11.9. The van der Waals surface area contributed by atoms with E-state index in [0.717, 1.165) is 29.5 Å². The molecule has 1 amide bonds. The lowest BCUT2D eigenvalue weighted by Gasteiger charge is -2.42. The molecule has 6 nitrogen and oxygen atoms in total. The lowest BCUT2D eigenvalue weighted by Crippen LogP contribution is -2.48. The van der Waals surface area contributed by atoms with Crippen molar-refractivity contribution in [2.24, 2.45) is 0 Å². The molecular formula is C31H41ClN2O4Si. The van der Waals surface area contributed by atoms with Crippen LogP contribution in [-0.2, 0) is 23.9 Å². The summed E-state index contributed by atoms with van der Waals surface area (Å²) in [6.45, 7) is 15.9. The average molecular weight is 569 g/mol. The van der Waals surface area contributed by atoms with Crippen LogP contribution in [0.25, 0.3) is 10.9 Å². The number of amides is 1. The van der Waals surface area contributed by atoms with Crippen molar-refractivity contribution in [1.82, 2.24) is 9.88 Å². The molecule has 1 aromatic heterocycles. The lowest BCUT2D eigenvalue weighted by atomic mass is 10.0. The molecule has 39 heavy (non-hydrogen) atoms. The molecule has 0 fully saturated rings. The topological polar surface area (TPSA) is 69.6 Å². The van der Waals surface area contributed by atoms with Gasteiger partial charge in [-0.15, -0.1) is 0 Å². The SMILES string of the molecule is CC(C)[Si](OCCCc1cc2c3c(c1)c(=O)c(C(=O)NCc1ccc(Cl)cc1)cn3CCO2)(C(C)C)C(C)C. The highest BCUT2D eigenvalue weighted by Gasteiger charge is 2.44. The molecule has 4 rings (SSSR count). The van der Waals surface area contributed by atoms with Gasteiger partial charge in [0.2, 0.25) is 5.43 Å². The maximum atomic E-state index is 13.5. The summed E-state index contributed by atoms with van der Waals surface area (Å²) in [5, 5.41) is 4.05. The van der Waals surface area contributed by atoms with Gasteiger partial charge in [0.25, 0.3) is 5.91 Å². The molecule has 0 unspecified atom stereocenters. The summed E-state index contributed by atoms with van der Waals surface area (Å²) in [7, 11) is -1.92. The van der Waals surface area contributed by atoms with Crippen LogP contribution in [0.1, 0.15) is 69.4 Å². The summed E-state index contributed by atoms with van der Waals surface area (Å²) in [6.07, 6.45) is 3.30. The van der Waals surface area contributed by atoms with Crippen molar-refractivity contribution in [2.75, 3.05) is 13.2 Å². The van der Waals surface area contributed by atoms with Crippen LogP contribution in [0.2, 0.25) is 21.6 Å². The lowest BCUT2D eigenvalue weighted by molar-refractivity contribution is 0.0949. The summed E-state index contributed by atoms with van der Waals surface area (Å²) in [4.78, 5) is 26.6. The van der Waals surface area contributed by atoms with Crippen LogP contribution in [-0.4, -0.2) is 32.0 Å². The summed E-state index contributed by atoms with van der Waals surface area (Å²) < 4.78 is 14.7. The molecule has 0 radical (unpaired) electrons. The van der Waals surface area contributed by atoms with E-state index in [-0.39, 0.29) is 16.9 Å². The van der Waals surface area contributed by atoms with E-state index in [4.69, 9.17) is 20.8 Å². The van der Waals surface area contributed by atoms with E-state index in [0.29, 0.717) is 59.1 Å². The third-order valence-electron chi connectivity index (χ3n) is 8.07. The maximum absolute atomic E-state index is 13.5. The monoisotopic (exact) mass is 568 g/mol. The van der Waals surface area contributed by atoms with Crippen molar-refractivity contribution in [3.05, 3.63) is 74.5 Å². The number of pyridine rings is 1. The number of aromatic nitrogens is 1. The number of benzene rings is 2. The minimum atomic E-state index is -1.92. The number of hydrogen-bond donors (Lipinski definition) is 1. The molecule has 2 heterocycles. The molecule has 0 spiro atoms. The molecule has 0 atom stereocenters. The Morgan fingerprint density at radius 2 is 1.72 bits per heavy atom. The second-order valence-corrected chi connectivity index (χ2v) is 17.4. The van der Waals surface area contributed by atoms with Gasteiger partial charge in [0.15, 0.2) is 8.32 Å². The van der Waals surface area contributed by atoms with Gasteiger partial charge < -0.3 is 19.0 Å². The molecule has 0 saturated heterocycles. The minimum Gasteiger partial charge on any atom is -0.490 e. The number of nitrogens with zero attached hydrogens (tertiary/aromatic N) is 1. The number of nitrogens with one attached hydrogen (secondary N) is 1. The van der Waals surface area contributed by atoms with E-state index in [1.807, 2.05) is 28.8 Å². The van der Waals surface area contributed by atoms with E-state index in [1.165, 1.54) is 0 Å². The van der Waals surface area contributed by atoms with Gasteiger partial charge >= 0.3 is 0 Å². The van der Waals surface area contributed by atoms with Crippen LogP contribution in [0.5, 0.6) is 5.75 Å². The number of rotatable bonds is 11. The number of aryl methyl sites for hydroxylation is 1. The first-order chi connectivity index (χ1) is 18.5. The van der Waals surface area contributed by atoms with Gasteiger partial charge in [-0.05, 0) is 64.9 Å². The van der Waals surface area contributed by atoms with Crippen LogP contribution >= 0.6 is 11.6 Å². The zero-order valence-corrected chi connectivity index (χ0v) is 25.7. The van der Waals surface area contributed by atoms with Crippen LogP contribution in [0, 0.1) is 0 Å². The van der Waals surface area contributed by atoms with Crippen molar-refractivity contribution in [1.29, 1.82) is 0 Å². The molecule has 0 aliphatic carbocycles. The van der Waals surface area contributed by atoms with E-state index in [1.54, 1.807) is 18.3 Å². The molecule has 1 N–H and O–H groups in total. The fraction of sp³-hybridized carbons (Fsp3) is 0.484. The number of halogens is 1. The molecule has 1 aliphatic heterocycles. The number of ether oxygens (including phenoxy) is 1. The Labute approximate surface area is 237 Å². The quantitative estimate of drug-likeness (QED) is 0.198. The second-order valence-electron chi connectivity index (χ2n) is 11.5. The van der Waals surface area contributed by atoms with E-state index < -0.39 is 8.32 Å². The molecule has 210 valence electrons. The molecule has 8 heteroatoms. The fourth-order valence-electron chi connectivity index (χ4n) is 6.31. The van der Waals surface area contributed by atoms with Crippen molar-refractivity contribution < 1.29 is 14.0 Å². The van der Waals surface area contributed by atoms with Crippen molar-refractivity contribution in [2.45, 2.75) is 84.1 Å². The Hall–Kier alpha value is -2.61. The van der Waals surface area contributed by atoms with Gasteiger partial charge in [-0.2, -0.15) is 0 Å². The minimum absolute atomic E-state index is 0.145. The van der Waals surface area contributed by atoms with E-state index >= 15 is 0 Å². The zero-order valence-electron chi connectivity index (χ0n) is 24.0. The zero-order chi connectivity index (χ0) is 28.3. The number of carbonyl (C=O) groups is 1. The summed E-state index contributed by atoms with van der Waals surface area (Å²) in [5.74, 6) is 0.319. The van der Waals surface area contributed by atoms with Gasteiger partial charge in [-0.25, -0.2) is 0 Å². The Kier molecular flexibility index (Phi) is 9.24. The largest absolute Gasteiger partial charge is 0.490 e. The molecule has 0 bridgehead atoms. The van der Waals surface area contributed by atoms with Crippen molar-refractivity contribution >= 4 is 36.7 Å². The van der Waals surface area contributed by atoms with Crippen LogP contribution in [0.4, 0.5) is 0 Å². The van der Waals surface area contributed by atoms with Gasteiger partial charge in [0.1, 0.15) is 17.9 Å². The normalized spacial score (nSPS) is 13.4. The molecule has 3 aromatic rings.